The first-order chi connectivity index (χ1) is 6.45. The van der Waals surface area contributed by atoms with Gasteiger partial charge in [0, 0.05) is 13.1 Å². The highest BCUT2D eigenvalue weighted by molar-refractivity contribution is 5.30. The molecule has 70 valence electrons. The molecule has 5 nitrogen and oxygen atoms in total. The number of nitrogens with zero attached hydrogens (tertiary/aromatic N) is 5. The Bertz CT molecular complexity index is 297. The van der Waals surface area contributed by atoms with Gasteiger partial charge in [0.25, 0.3) is 0 Å². The summed E-state index contributed by atoms with van der Waals surface area (Å²) in [4.78, 5) is 2.29. The van der Waals surface area contributed by atoms with Gasteiger partial charge in [-0.1, -0.05) is 5.10 Å². The standard InChI is InChI=1S/C8H13N5/c1-2-6-12(5-1)8-9-10-11-13(8)7-3-4-7/h7H,1-6H2. The van der Waals surface area contributed by atoms with Gasteiger partial charge >= 0.3 is 0 Å². The van der Waals surface area contributed by atoms with Crippen LogP contribution in [0.1, 0.15) is 31.7 Å². The molecular formula is C8H13N5. The second-order valence-corrected chi connectivity index (χ2v) is 3.85. The monoisotopic (exact) mass is 179 g/mol. The van der Waals surface area contributed by atoms with Gasteiger partial charge in [-0.2, -0.15) is 0 Å². The number of hydrogen-bond acceptors (Lipinski definition) is 4. The van der Waals surface area contributed by atoms with E-state index >= 15 is 0 Å². The van der Waals surface area contributed by atoms with Crippen LogP contribution in [0, 0.1) is 0 Å². The van der Waals surface area contributed by atoms with E-state index in [1.807, 2.05) is 4.68 Å². The molecule has 0 aromatic carbocycles. The van der Waals surface area contributed by atoms with Crippen molar-refractivity contribution < 1.29 is 0 Å². The maximum absolute atomic E-state index is 4.09. The highest BCUT2D eigenvalue weighted by Crippen LogP contribution is 2.36. The quantitative estimate of drug-likeness (QED) is 0.667. The predicted octanol–water partition coefficient (Wildman–Crippen LogP) is 0.608. The zero-order valence-corrected chi connectivity index (χ0v) is 7.56. The van der Waals surface area contributed by atoms with E-state index in [2.05, 4.69) is 20.4 Å². The van der Waals surface area contributed by atoms with E-state index in [4.69, 9.17) is 0 Å². The summed E-state index contributed by atoms with van der Waals surface area (Å²) in [6.45, 7) is 2.24. The number of hydrogen-bond donors (Lipinski definition) is 0. The maximum atomic E-state index is 4.09. The predicted molar refractivity (Wildman–Crippen MR) is 47.5 cm³/mol. The van der Waals surface area contributed by atoms with Gasteiger partial charge in [0.05, 0.1) is 6.04 Å². The largest absolute Gasteiger partial charge is 0.340 e. The van der Waals surface area contributed by atoms with Gasteiger partial charge in [0.2, 0.25) is 5.95 Å². The molecule has 2 aliphatic rings. The lowest BCUT2D eigenvalue weighted by Gasteiger charge is -2.14. The number of rotatable bonds is 2. The molecule has 13 heavy (non-hydrogen) atoms. The van der Waals surface area contributed by atoms with E-state index in [1.54, 1.807) is 0 Å². The lowest BCUT2D eigenvalue weighted by atomic mass is 10.4. The van der Waals surface area contributed by atoms with Crippen LogP contribution in [-0.2, 0) is 0 Å². The van der Waals surface area contributed by atoms with E-state index in [-0.39, 0.29) is 0 Å². The lowest BCUT2D eigenvalue weighted by molar-refractivity contribution is 0.603. The molecule has 1 aliphatic carbocycles. The minimum Gasteiger partial charge on any atom is -0.340 e. The molecule has 0 unspecified atom stereocenters. The summed E-state index contributed by atoms with van der Waals surface area (Å²) in [7, 11) is 0. The molecule has 0 spiro atoms. The molecule has 5 heteroatoms. The summed E-state index contributed by atoms with van der Waals surface area (Å²) in [5, 5.41) is 11.9. The summed E-state index contributed by atoms with van der Waals surface area (Å²) >= 11 is 0. The van der Waals surface area contributed by atoms with Gasteiger partial charge in [0.15, 0.2) is 0 Å². The smallest absolute Gasteiger partial charge is 0.245 e. The van der Waals surface area contributed by atoms with Crippen molar-refractivity contribution in [1.29, 1.82) is 0 Å². The molecule has 0 atom stereocenters. The number of tetrazole rings is 1. The van der Waals surface area contributed by atoms with E-state index < -0.39 is 0 Å². The topological polar surface area (TPSA) is 46.8 Å². The first-order valence-electron chi connectivity index (χ1n) is 4.98. The van der Waals surface area contributed by atoms with Crippen LogP contribution >= 0.6 is 0 Å². The van der Waals surface area contributed by atoms with Crippen molar-refractivity contribution in [3.63, 3.8) is 0 Å². The van der Waals surface area contributed by atoms with Gasteiger partial charge in [-0.05, 0) is 36.1 Å². The van der Waals surface area contributed by atoms with Crippen LogP contribution in [0.3, 0.4) is 0 Å². The maximum Gasteiger partial charge on any atom is 0.245 e. The van der Waals surface area contributed by atoms with Gasteiger partial charge in [-0.3, -0.25) is 0 Å². The van der Waals surface area contributed by atoms with Gasteiger partial charge in [0.1, 0.15) is 0 Å². The van der Waals surface area contributed by atoms with Crippen molar-refractivity contribution >= 4 is 5.95 Å². The molecule has 0 radical (unpaired) electrons. The van der Waals surface area contributed by atoms with Crippen LogP contribution in [-0.4, -0.2) is 33.3 Å². The molecule has 1 aliphatic heterocycles. The van der Waals surface area contributed by atoms with Gasteiger partial charge in [-0.25, -0.2) is 4.68 Å². The van der Waals surface area contributed by atoms with Gasteiger partial charge < -0.3 is 4.90 Å². The van der Waals surface area contributed by atoms with E-state index in [9.17, 15) is 0 Å². The normalized spacial score (nSPS) is 22.6. The summed E-state index contributed by atoms with van der Waals surface area (Å²) in [6, 6.07) is 0.589. The summed E-state index contributed by atoms with van der Waals surface area (Å²) < 4.78 is 1.99. The van der Waals surface area contributed by atoms with Crippen LogP contribution in [0.15, 0.2) is 0 Å². The summed E-state index contributed by atoms with van der Waals surface area (Å²) in [5.41, 5.74) is 0. The van der Waals surface area contributed by atoms with Crippen molar-refractivity contribution in [1.82, 2.24) is 20.2 Å². The first kappa shape index (κ1) is 7.29. The fourth-order valence-electron chi connectivity index (χ4n) is 1.87. The molecular weight excluding hydrogens is 166 g/mol. The van der Waals surface area contributed by atoms with Crippen LogP contribution < -0.4 is 4.90 Å². The van der Waals surface area contributed by atoms with Gasteiger partial charge in [-0.15, -0.1) is 0 Å². The molecule has 1 saturated heterocycles. The Labute approximate surface area is 76.7 Å². The average molecular weight is 179 g/mol. The third kappa shape index (κ3) is 1.18. The number of aromatic nitrogens is 4. The highest BCUT2D eigenvalue weighted by atomic mass is 15.6. The fraction of sp³-hybridized carbons (Fsp3) is 0.875. The first-order valence-corrected chi connectivity index (χ1v) is 4.98. The zero-order chi connectivity index (χ0) is 8.67. The summed E-state index contributed by atoms with van der Waals surface area (Å²) in [5.74, 6) is 0.986. The molecule has 1 aromatic rings. The van der Waals surface area contributed by atoms with E-state index in [0.29, 0.717) is 6.04 Å². The van der Waals surface area contributed by atoms with Crippen molar-refractivity contribution in [3.05, 3.63) is 0 Å². The van der Waals surface area contributed by atoms with Crippen LogP contribution in [0.2, 0.25) is 0 Å². The zero-order valence-electron chi connectivity index (χ0n) is 7.56. The fourth-order valence-corrected chi connectivity index (χ4v) is 1.87. The minimum absolute atomic E-state index is 0.589. The van der Waals surface area contributed by atoms with Crippen molar-refractivity contribution in [2.24, 2.45) is 0 Å². The molecule has 0 bridgehead atoms. The molecule has 0 amide bonds. The minimum atomic E-state index is 0.589. The SMILES string of the molecule is C1CCN(c2nnnn2C2CC2)C1. The molecule has 1 saturated carbocycles. The second-order valence-electron chi connectivity index (χ2n) is 3.85. The molecule has 2 heterocycles. The van der Waals surface area contributed by atoms with Crippen molar-refractivity contribution in [2.45, 2.75) is 31.7 Å². The van der Waals surface area contributed by atoms with E-state index in [1.165, 1.54) is 25.7 Å². The Morgan fingerprint density at radius 2 is 1.92 bits per heavy atom. The van der Waals surface area contributed by atoms with Crippen molar-refractivity contribution in [2.75, 3.05) is 18.0 Å². The Kier molecular flexibility index (Phi) is 1.50. The van der Waals surface area contributed by atoms with E-state index in [0.717, 1.165) is 19.0 Å². The molecule has 1 aromatic heterocycles. The molecule has 3 rings (SSSR count). The van der Waals surface area contributed by atoms with Crippen LogP contribution in [0.25, 0.3) is 0 Å². The molecule has 0 N–H and O–H groups in total. The summed E-state index contributed by atoms with van der Waals surface area (Å²) in [6.07, 6.45) is 5.03. The lowest BCUT2D eigenvalue weighted by Crippen LogP contribution is -2.22. The Morgan fingerprint density at radius 1 is 1.15 bits per heavy atom. The Hall–Kier alpha value is -1.13. The Morgan fingerprint density at radius 3 is 2.62 bits per heavy atom. The third-order valence-corrected chi connectivity index (χ3v) is 2.76. The van der Waals surface area contributed by atoms with Crippen LogP contribution in [0.4, 0.5) is 5.95 Å². The third-order valence-electron chi connectivity index (χ3n) is 2.76. The second kappa shape index (κ2) is 2.68. The van der Waals surface area contributed by atoms with Crippen molar-refractivity contribution in [3.8, 4) is 0 Å². The highest BCUT2D eigenvalue weighted by Gasteiger charge is 2.30. The van der Waals surface area contributed by atoms with Crippen LogP contribution in [0.5, 0.6) is 0 Å². The number of anilines is 1. The molecule has 2 fully saturated rings. The Balaban J connectivity index is 1.88. The average Bonchev–Trinajstić information content (AvgIpc) is 2.72.